The Hall–Kier alpha value is -0.800. The van der Waals surface area contributed by atoms with Gasteiger partial charge in [0, 0.05) is 13.0 Å². The molecule has 1 unspecified atom stereocenters. The van der Waals surface area contributed by atoms with Gasteiger partial charge in [0.25, 0.3) is 0 Å². The zero-order valence-electron chi connectivity index (χ0n) is 11.9. The van der Waals surface area contributed by atoms with Gasteiger partial charge in [-0.05, 0) is 36.8 Å². The van der Waals surface area contributed by atoms with Crippen molar-refractivity contribution in [3.63, 3.8) is 0 Å². The second-order valence-corrected chi connectivity index (χ2v) is 6.50. The molecular formula is C15H20Cl2N2O. The van der Waals surface area contributed by atoms with E-state index in [1.54, 1.807) is 12.1 Å². The van der Waals surface area contributed by atoms with E-state index < -0.39 is 0 Å². The second-order valence-electron chi connectivity index (χ2n) is 5.71. The molecule has 3 nitrogen and oxygen atoms in total. The minimum absolute atomic E-state index is 0.186. The molecule has 5 heteroatoms. The number of amides is 1. The molecule has 0 aliphatic carbocycles. The Morgan fingerprint density at radius 1 is 1.35 bits per heavy atom. The van der Waals surface area contributed by atoms with E-state index in [2.05, 4.69) is 18.8 Å². The van der Waals surface area contributed by atoms with Crippen molar-refractivity contribution in [3.05, 3.63) is 28.0 Å². The largest absolute Gasteiger partial charge is 0.337 e. The summed E-state index contributed by atoms with van der Waals surface area (Å²) in [6, 6.07) is 3.39. The Morgan fingerprint density at radius 2 is 2.10 bits per heavy atom. The molecule has 1 aromatic rings. The van der Waals surface area contributed by atoms with E-state index in [0.717, 1.165) is 19.4 Å². The first-order valence-electron chi connectivity index (χ1n) is 7.06. The summed E-state index contributed by atoms with van der Waals surface area (Å²) in [5, 5.41) is 0.971. The monoisotopic (exact) mass is 314 g/mol. The topological polar surface area (TPSA) is 33.2 Å². The van der Waals surface area contributed by atoms with Crippen LogP contribution in [0.25, 0.3) is 0 Å². The van der Waals surface area contributed by atoms with E-state index in [-0.39, 0.29) is 5.91 Å². The maximum absolute atomic E-state index is 12.2. The van der Waals surface area contributed by atoms with Crippen LogP contribution in [0.5, 0.6) is 0 Å². The van der Waals surface area contributed by atoms with Gasteiger partial charge >= 0.3 is 0 Å². The Balaban J connectivity index is 2.08. The average Bonchev–Trinajstić information content (AvgIpc) is 2.57. The number of carbonyl (C=O) groups is 1. The molecule has 1 saturated heterocycles. The highest BCUT2D eigenvalue weighted by Gasteiger charge is 2.25. The summed E-state index contributed by atoms with van der Waals surface area (Å²) in [4.78, 5) is 18.3. The molecule has 1 aromatic heterocycles. The summed E-state index contributed by atoms with van der Waals surface area (Å²) in [5.74, 6) is 1.42. The van der Waals surface area contributed by atoms with Crippen molar-refractivity contribution in [1.82, 2.24) is 9.88 Å². The number of likely N-dealkylation sites (tertiary alicyclic amines) is 1. The first kappa shape index (κ1) is 15.6. The first-order valence-corrected chi connectivity index (χ1v) is 7.81. The maximum atomic E-state index is 12.2. The second kappa shape index (κ2) is 6.77. The Morgan fingerprint density at radius 3 is 2.80 bits per heavy atom. The summed E-state index contributed by atoms with van der Waals surface area (Å²) in [6.45, 7) is 5.66. The predicted molar refractivity (Wildman–Crippen MR) is 81.9 cm³/mol. The van der Waals surface area contributed by atoms with Crippen molar-refractivity contribution in [2.24, 2.45) is 11.8 Å². The van der Waals surface area contributed by atoms with Crippen molar-refractivity contribution in [1.29, 1.82) is 0 Å². The molecule has 110 valence electrons. The number of rotatable bonds is 3. The summed E-state index contributed by atoms with van der Waals surface area (Å²) < 4.78 is 0. The van der Waals surface area contributed by atoms with E-state index in [1.807, 2.05) is 4.90 Å². The fourth-order valence-corrected chi connectivity index (χ4v) is 2.97. The van der Waals surface area contributed by atoms with Gasteiger partial charge in [0.05, 0.1) is 17.3 Å². The van der Waals surface area contributed by atoms with Gasteiger partial charge in [0.1, 0.15) is 5.15 Å². The van der Waals surface area contributed by atoms with Crippen LogP contribution in [-0.4, -0.2) is 22.3 Å². The van der Waals surface area contributed by atoms with E-state index in [4.69, 9.17) is 23.2 Å². The van der Waals surface area contributed by atoms with Crippen molar-refractivity contribution in [2.45, 2.75) is 39.7 Å². The van der Waals surface area contributed by atoms with Crippen LogP contribution in [0.3, 0.4) is 0 Å². The number of nitrogens with zero attached hydrogens (tertiary/aromatic N) is 2. The van der Waals surface area contributed by atoms with Gasteiger partial charge < -0.3 is 4.90 Å². The van der Waals surface area contributed by atoms with Crippen molar-refractivity contribution < 1.29 is 4.79 Å². The van der Waals surface area contributed by atoms with Crippen LogP contribution in [0.1, 0.15) is 38.8 Å². The van der Waals surface area contributed by atoms with Crippen LogP contribution in [0, 0.1) is 11.8 Å². The lowest BCUT2D eigenvalue weighted by Crippen LogP contribution is -2.30. The molecule has 1 aliphatic rings. The third kappa shape index (κ3) is 3.86. The van der Waals surface area contributed by atoms with Crippen LogP contribution in [0.2, 0.25) is 10.2 Å². The lowest BCUT2D eigenvalue weighted by atomic mass is 9.89. The normalized spacial score (nSPS) is 20.4. The summed E-state index contributed by atoms with van der Waals surface area (Å²) >= 11 is 12.0. The number of halogens is 2. The molecule has 1 fully saturated rings. The highest BCUT2D eigenvalue weighted by atomic mass is 35.5. The third-order valence-electron chi connectivity index (χ3n) is 4.02. The number of hydrogen-bond donors (Lipinski definition) is 0. The zero-order valence-corrected chi connectivity index (χ0v) is 13.4. The maximum Gasteiger partial charge on any atom is 0.222 e. The SMILES string of the molecule is CC(C)C1CCC(=O)N(Cc2nc(Cl)ccc2Cl)CC1. The Bertz CT molecular complexity index is 491. The summed E-state index contributed by atoms with van der Waals surface area (Å²) in [5.41, 5.74) is 0.676. The average molecular weight is 315 g/mol. The standard InChI is InChI=1S/C15H20Cl2N2O/c1-10(2)11-3-6-15(20)19(8-7-11)9-13-12(16)4-5-14(17)18-13/h4-5,10-11H,3,6-9H2,1-2H3. The smallest absolute Gasteiger partial charge is 0.222 e. The minimum Gasteiger partial charge on any atom is -0.337 e. The van der Waals surface area contributed by atoms with Gasteiger partial charge in [-0.1, -0.05) is 37.0 Å². The van der Waals surface area contributed by atoms with Crippen LogP contribution in [0.4, 0.5) is 0 Å². The third-order valence-corrected chi connectivity index (χ3v) is 4.57. The van der Waals surface area contributed by atoms with Crippen LogP contribution in [0.15, 0.2) is 12.1 Å². The van der Waals surface area contributed by atoms with Gasteiger partial charge in [-0.15, -0.1) is 0 Å². The van der Waals surface area contributed by atoms with Crippen LogP contribution in [-0.2, 0) is 11.3 Å². The minimum atomic E-state index is 0.186. The molecule has 2 heterocycles. The summed E-state index contributed by atoms with van der Waals surface area (Å²) in [6.07, 6.45) is 2.63. The molecule has 0 N–H and O–H groups in total. The van der Waals surface area contributed by atoms with E-state index in [1.165, 1.54) is 0 Å². The molecule has 20 heavy (non-hydrogen) atoms. The van der Waals surface area contributed by atoms with Gasteiger partial charge in [0.15, 0.2) is 0 Å². The molecule has 1 atom stereocenters. The fraction of sp³-hybridized carbons (Fsp3) is 0.600. The lowest BCUT2D eigenvalue weighted by molar-refractivity contribution is -0.131. The molecule has 0 saturated carbocycles. The number of aromatic nitrogens is 1. The van der Waals surface area contributed by atoms with Gasteiger partial charge in [0.2, 0.25) is 5.91 Å². The van der Waals surface area contributed by atoms with Crippen molar-refractivity contribution in [3.8, 4) is 0 Å². The fourth-order valence-electron chi connectivity index (χ4n) is 2.64. The van der Waals surface area contributed by atoms with E-state index >= 15 is 0 Å². The van der Waals surface area contributed by atoms with Crippen LogP contribution < -0.4 is 0 Å². The Labute approximate surface area is 130 Å². The number of hydrogen-bond acceptors (Lipinski definition) is 2. The predicted octanol–water partition coefficient (Wildman–Crippen LogP) is 4.17. The van der Waals surface area contributed by atoms with E-state index in [0.29, 0.717) is 40.7 Å². The molecule has 1 amide bonds. The first-order chi connectivity index (χ1) is 9.47. The van der Waals surface area contributed by atoms with Gasteiger partial charge in [-0.2, -0.15) is 0 Å². The molecule has 0 spiro atoms. The number of pyridine rings is 1. The molecular weight excluding hydrogens is 295 g/mol. The quantitative estimate of drug-likeness (QED) is 0.784. The highest BCUT2D eigenvalue weighted by molar-refractivity contribution is 6.32. The summed E-state index contributed by atoms with van der Waals surface area (Å²) in [7, 11) is 0. The highest BCUT2D eigenvalue weighted by Crippen LogP contribution is 2.27. The molecule has 0 aromatic carbocycles. The zero-order chi connectivity index (χ0) is 14.7. The van der Waals surface area contributed by atoms with Crippen molar-refractivity contribution in [2.75, 3.05) is 6.54 Å². The number of carbonyl (C=O) groups excluding carboxylic acids is 1. The van der Waals surface area contributed by atoms with E-state index in [9.17, 15) is 4.79 Å². The van der Waals surface area contributed by atoms with Crippen molar-refractivity contribution >= 4 is 29.1 Å². The molecule has 0 bridgehead atoms. The van der Waals surface area contributed by atoms with Crippen LogP contribution >= 0.6 is 23.2 Å². The van der Waals surface area contributed by atoms with Gasteiger partial charge in [-0.3, -0.25) is 4.79 Å². The Kier molecular flexibility index (Phi) is 5.28. The lowest BCUT2D eigenvalue weighted by Gasteiger charge is -2.22. The molecule has 2 rings (SSSR count). The molecule has 0 radical (unpaired) electrons. The van der Waals surface area contributed by atoms with Gasteiger partial charge in [-0.25, -0.2) is 4.98 Å². The molecule has 1 aliphatic heterocycles.